The van der Waals surface area contributed by atoms with Gasteiger partial charge in [-0.15, -0.1) is 0 Å². The lowest BCUT2D eigenvalue weighted by atomic mass is 10.1. The molecule has 1 aliphatic rings. The summed E-state index contributed by atoms with van der Waals surface area (Å²) in [6.07, 6.45) is 10.1. The van der Waals surface area contributed by atoms with Crippen LogP contribution in [0.3, 0.4) is 0 Å². The fraction of sp³-hybridized carbons (Fsp3) is 1.00. The third kappa shape index (κ3) is 11.6. The van der Waals surface area contributed by atoms with Crippen LogP contribution in [-0.2, 0) is 0 Å². The summed E-state index contributed by atoms with van der Waals surface area (Å²) in [6, 6.07) is 0.917. The van der Waals surface area contributed by atoms with Gasteiger partial charge in [0.15, 0.2) is 0 Å². The van der Waals surface area contributed by atoms with Gasteiger partial charge >= 0.3 is 7.25 Å². The number of nitrogens with one attached hydrogen (secondary N) is 1. The highest BCUT2D eigenvalue weighted by atomic mass is 19.5. The first-order valence-electron chi connectivity index (χ1n) is 7.97. The molecule has 1 saturated heterocycles. The molecule has 0 radical (unpaired) electrons. The van der Waals surface area contributed by atoms with Crippen LogP contribution in [0.2, 0.25) is 0 Å². The highest BCUT2D eigenvalue weighted by molar-refractivity contribution is 6.50. The van der Waals surface area contributed by atoms with E-state index in [-0.39, 0.29) is 0 Å². The molecule has 0 spiro atoms. The summed E-state index contributed by atoms with van der Waals surface area (Å²) >= 11 is 0. The maximum absolute atomic E-state index is 9.75. The Morgan fingerprint density at radius 3 is 1.90 bits per heavy atom. The quantitative estimate of drug-likeness (QED) is 0.412. The van der Waals surface area contributed by atoms with Crippen molar-refractivity contribution in [3.63, 3.8) is 0 Å². The summed E-state index contributed by atoms with van der Waals surface area (Å²) in [7, 11) is -6.00. The van der Waals surface area contributed by atoms with E-state index >= 15 is 0 Å². The third-order valence-electron chi connectivity index (χ3n) is 4.27. The van der Waals surface area contributed by atoms with Crippen LogP contribution in [0.25, 0.3) is 0 Å². The standard InChI is InChI=1S/C14H29N.BF4/c1-4-5-6-7-8-9-11-15-12-10-13(2)14(15)3;2-1(3,4)5/h13-14H,4-12H2,1-3H3;/q;-1/p+1. The van der Waals surface area contributed by atoms with Crippen LogP contribution in [0.4, 0.5) is 17.3 Å². The molecule has 0 aromatic heterocycles. The van der Waals surface area contributed by atoms with Gasteiger partial charge in [-0.3, -0.25) is 0 Å². The Morgan fingerprint density at radius 1 is 0.950 bits per heavy atom. The highest BCUT2D eigenvalue weighted by Crippen LogP contribution is 2.10. The molecule has 122 valence electrons. The first-order chi connectivity index (χ1) is 9.25. The Kier molecular flexibility index (Phi) is 10.3. The minimum atomic E-state index is -6.00. The van der Waals surface area contributed by atoms with Crippen LogP contribution in [0, 0.1) is 5.92 Å². The van der Waals surface area contributed by atoms with Gasteiger partial charge in [0, 0.05) is 12.3 Å². The van der Waals surface area contributed by atoms with E-state index < -0.39 is 7.25 Å². The molecule has 0 amide bonds. The zero-order valence-corrected chi connectivity index (χ0v) is 13.1. The molecule has 0 saturated carbocycles. The van der Waals surface area contributed by atoms with Crippen molar-refractivity contribution in [1.82, 2.24) is 0 Å². The van der Waals surface area contributed by atoms with E-state index in [4.69, 9.17) is 0 Å². The second-order valence-electron chi connectivity index (χ2n) is 5.98. The van der Waals surface area contributed by atoms with Crippen molar-refractivity contribution in [3.8, 4) is 0 Å². The van der Waals surface area contributed by atoms with Gasteiger partial charge in [-0.25, -0.2) is 0 Å². The number of halogens is 4. The molecule has 0 bridgehead atoms. The van der Waals surface area contributed by atoms with Gasteiger partial charge in [0.2, 0.25) is 0 Å². The molecule has 3 atom stereocenters. The van der Waals surface area contributed by atoms with E-state index in [0.717, 1.165) is 12.0 Å². The molecule has 0 aromatic carbocycles. The molecule has 1 heterocycles. The van der Waals surface area contributed by atoms with Crippen molar-refractivity contribution < 1.29 is 22.2 Å². The van der Waals surface area contributed by atoms with E-state index in [9.17, 15) is 17.3 Å². The van der Waals surface area contributed by atoms with Crippen LogP contribution >= 0.6 is 0 Å². The van der Waals surface area contributed by atoms with Gasteiger partial charge in [-0.1, -0.05) is 39.5 Å². The van der Waals surface area contributed by atoms with Gasteiger partial charge in [0.25, 0.3) is 0 Å². The van der Waals surface area contributed by atoms with Gasteiger partial charge in [-0.05, 0) is 19.8 Å². The summed E-state index contributed by atoms with van der Waals surface area (Å²) < 4.78 is 39.0. The molecule has 1 rings (SSSR count). The van der Waals surface area contributed by atoms with Crippen LogP contribution < -0.4 is 4.90 Å². The van der Waals surface area contributed by atoms with Gasteiger partial charge in [0.1, 0.15) is 0 Å². The number of hydrogen-bond acceptors (Lipinski definition) is 0. The van der Waals surface area contributed by atoms with Crippen LogP contribution in [-0.4, -0.2) is 26.4 Å². The predicted molar refractivity (Wildman–Crippen MR) is 77.5 cm³/mol. The molecule has 3 unspecified atom stereocenters. The Bertz CT molecular complexity index is 230. The van der Waals surface area contributed by atoms with Gasteiger partial charge < -0.3 is 22.2 Å². The Hall–Kier alpha value is -0.255. The monoisotopic (exact) mass is 299 g/mol. The van der Waals surface area contributed by atoms with E-state index in [1.165, 1.54) is 58.0 Å². The lowest BCUT2D eigenvalue weighted by Gasteiger charge is -2.19. The second-order valence-corrected chi connectivity index (χ2v) is 5.98. The van der Waals surface area contributed by atoms with Crippen molar-refractivity contribution in [1.29, 1.82) is 0 Å². The van der Waals surface area contributed by atoms with E-state index in [1.807, 2.05) is 4.90 Å². The minimum Gasteiger partial charge on any atom is -0.418 e. The maximum atomic E-state index is 9.75. The van der Waals surface area contributed by atoms with Crippen molar-refractivity contribution in [3.05, 3.63) is 0 Å². The highest BCUT2D eigenvalue weighted by Gasteiger charge is 2.30. The molecule has 1 aliphatic heterocycles. The van der Waals surface area contributed by atoms with E-state index in [0.29, 0.717) is 0 Å². The lowest BCUT2D eigenvalue weighted by molar-refractivity contribution is -0.912. The molecular weight excluding hydrogens is 269 g/mol. The molecular formula is C14H30BF4N. The zero-order valence-electron chi connectivity index (χ0n) is 13.1. The first-order valence-corrected chi connectivity index (χ1v) is 7.97. The Morgan fingerprint density at radius 2 is 1.45 bits per heavy atom. The average Bonchev–Trinajstić information content (AvgIpc) is 2.63. The van der Waals surface area contributed by atoms with Crippen molar-refractivity contribution in [2.75, 3.05) is 13.1 Å². The summed E-state index contributed by atoms with van der Waals surface area (Å²) in [5.74, 6) is 0.958. The fourth-order valence-electron chi connectivity index (χ4n) is 2.78. The normalized spacial score (nSPS) is 26.2. The van der Waals surface area contributed by atoms with E-state index in [2.05, 4.69) is 20.8 Å². The SMILES string of the molecule is CCCCCCCC[NH+]1CCC(C)C1C.F[B-](F)(F)F. The fourth-order valence-corrected chi connectivity index (χ4v) is 2.78. The molecule has 0 aromatic rings. The molecule has 1 fully saturated rings. The second kappa shape index (κ2) is 10.5. The summed E-state index contributed by atoms with van der Waals surface area (Å²) in [4.78, 5) is 1.87. The van der Waals surface area contributed by atoms with Crippen LogP contribution in [0.15, 0.2) is 0 Å². The Labute approximate surface area is 121 Å². The Balaban J connectivity index is 0.000000621. The smallest absolute Gasteiger partial charge is 0.418 e. The topological polar surface area (TPSA) is 4.44 Å². The average molecular weight is 299 g/mol. The van der Waals surface area contributed by atoms with Crippen LogP contribution in [0.1, 0.15) is 65.7 Å². The summed E-state index contributed by atoms with van der Waals surface area (Å²) in [5, 5.41) is 0. The zero-order chi connectivity index (χ0) is 15.6. The predicted octanol–water partition coefficient (Wildman–Crippen LogP) is 3.96. The molecule has 0 aliphatic carbocycles. The molecule has 1 N–H and O–H groups in total. The number of quaternary nitrogens is 1. The minimum absolute atomic E-state index is 0.917. The van der Waals surface area contributed by atoms with Crippen LogP contribution in [0.5, 0.6) is 0 Å². The molecule has 6 heteroatoms. The molecule has 20 heavy (non-hydrogen) atoms. The summed E-state index contributed by atoms with van der Waals surface area (Å²) in [6.45, 7) is 10.00. The summed E-state index contributed by atoms with van der Waals surface area (Å²) in [5.41, 5.74) is 0. The van der Waals surface area contributed by atoms with E-state index in [1.54, 1.807) is 0 Å². The van der Waals surface area contributed by atoms with Crippen molar-refractivity contribution in [2.24, 2.45) is 5.92 Å². The van der Waals surface area contributed by atoms with Crippen molar-refractivity contribution >= 4 is 7.25 Å². The largest absolute Gasteiger partial charge is 0.673 e. The number of unbranched alkanes of at least 4 members (excludes halogenated alkanes) is 5. The number of hydrogen-bond donors (Lipinski definition) is 1. The van der Waals surface area contributed by atoms with Gasteiger partial charge in [-0.2, -0.15) is 0 Å². The number of likely N-dealkylation sites (tertiary alicyclic amines) is 1. The third-order valence-corrected chi connectivity index (χ3v) is 4.27. The maximum Gasteiger partial charge on any atom is 0.673 e. The first kappa shape index (κ1) is 19.7. The molecule has 1 nitrogen and oxygen atoms in total. The van der Waals surface area contributed by atoms with Gasteiger partial charge in [0.05, 0.1) is 19.1 Å². The number of rotatable bonds is 7. The van der Waals surface area contributed by atoms with Crippen molar-refractivity contribution in [2.45, 2.75) is 71.8 Å². The lowest BCUT2D eigenvalue weighted by Crippen LogP contribution is -3.13.